The van der Waals surface area contributed by atoms with Gasteiger partial charge in [0, 0.05) is 9.41 Å². The second-order valence-electron chi connectivity index (χ2n) is 4.64. The van der Waals surface area contributed by atoms with Crippen LogP contribution in [0, 0.1) is 12.8 Å². The first-order valence-electron chi connectivity index (χ1n) is 5.98. The summed E-state index contributed by atoms with van der Waals surface area (Å²) in [5, 5.41) is 1.23. The first-order chi connectivity index (χ1) is 7.51. The van der Waals surface area contributed by atoms with Gasteiger partial charge in [-0.1, -0.05) is 26.0 Å². The summed E-state index contributed by atoms with van der Waals surface area (Å²) in [7, 11) is 0. The highest BCUT2D eigenvalue weighted by Gasteiger charge is 2.08. The van der Waals surface area contributed by atoms with E-state index in [-0.39, 0.29) is 0 Å². The molecule has 1 aromatic heterocycles. The van der Waals surface area contributed by atoms with Crippen molar-refractivity contribution in [1.29, 1.82) is 0 Å². The van der Waals surface area contributed by atoms with E-state index in [1.54, 1.807) is 0 Å². The van der Waals surface area contributed by atoms with Crippen LogP contribution in [0.25, 0.3) is 12.2 Å². The predicted octanol–water partition coefficient (Wildman–Crippen LogP) is 2.18. The van der Waals surface area contributed by atoms with Crippen LogP contribution in [0.2, 0.25) is 0 Å². The lowest BCUT2D eigenvalue weighted by Gasteiger charge is -2.06. The van der Waals surface area contributed by atoms with Gasteiger partial charge in [0.25, 0.3) is 0 Å². The Bertz CT molecular complexity index is 456. The fourth-order valence-electron chi connectivity index (χ4n) is 1.70. The fourth-order valence-corrected chi connectivity index (χ4v) is 3.19. The van der Waals surface area contributed by atoms with Crippen LogP contribution < -0.4 is 15.5 Å². The summed E-state index contributed by atoms with van der Waals surface area (Å²) in [6, 6.07) is 0. The Balaban J connectivity index is 3.21. The van der Waals surface area contributed by atoms with Gasteiger partial charge in [-0.2, -0.15) is 0 Å². The minimum Gasteiger partial charge on any atom is -0.330 e. The quantitative estimate of drug-likeness (QED) is 0.853. The third-order valence-electron chi connectivity index (χ3n) is 3.22. The second-order valence-corrected chi connectivity index (χ2v) is 5.74. The summed E-state index contributed by atoms with van der Waals surface area (Å²) >= 11 is 1.91. The molecule has 1 rings (SSSR count). The predicted molar refractivity (Wildman–Crippen MR) is 75.1 cm³/mol. The van der Waals surface area contributed by atoms with Crippen LogP contribution in [-0.4, -0.2) is 6.54 Å². The highest BCUT2D eigenvalue weighted by atomic mass is 32.1. The summed E-state index contributed by atoms with van der Waals surface area (Å²) in [4.78, 5) is 1.46. The zero-order valence-electron chi connectivity index (χ0n) is 10.9. The van der Waals surface area contributed by atoms with E-state index < -0.39 is 0 Å². The van der Waals surface area contributed by atoms with Crippen molar-refractivity contribution in [2.75, 3.05) is 6.54 Å². The van der Waals surface area contributed by atoms with E-state index in [0.717, 1.165) is 19.4 Å². The van der Waals surface area contributed by atoms with E-state index in [9.17, 15) is 0 Å². The topological polar surface area (TPSA) is 26.0 Å². The summed E-state index contributed by atoms with van der Waals surface area (Å²) in [6.45, 7) is 13.8. The molecule has 1 unspecified atom stereocenters. The molecule has 0 amide bonds. The molecule has 90 valence electrons. The molecule has 1 aromatic rings. The van der Waals surface area contributed by atoms with Crippen molar-refractivity contribution in [2.24, 2.45) is 11.7 Å². The molecule has 0 fully saturated rings. The molecule has 1 atom stereocenters. The summed E-state index contributed by atoms with van der Waals surface area (Å²) in [5.41, 5.74) is 8.50. The minimum absolute atomic E-state index is 0.562. The van der Waals surface area contributed by atoms with Gasteiger partial charge < -0.3 is 5.73 Å². The Morgan fingerprint density at radius 1 is 1.50 bits per heavy atom. The Morgan fingerprint density at radius 3 is 2.62 bits per heavy atom. The van der Waals surface area contributed by atoms with Gasteiger partial charge in [-0.3, -0.25) is 0 Å². The first-order valence-corrected chi connectivity index (χ1v) is 6.79. The molecule has 0 aliphatic carbocycles. The number of hydrogen-bond acceptors (Lipinski definition) is 2. The number of thiophene rings is 1. The van der Waals surface area contributed by atoms with E-state index in [1.807, 2.05) is 11.3 Å². The van der Waals surface area contributed by atoms with Crippen molar-refractivity contribution in [3.8, 4) is 0 Å². The van der Waals surface area contributed by atoms with Gasteiger partial charge in [-0.25, -0.2) is 0 Å². The lowest BCUT2D eigenvalue weighted by molar-refractivity contribution is 0.597. The van der Waals surface area contributed by atoms with Crippen LogP contribution in [-0.2, 0) is 6.42 Å². The Hall–Kier alpha value is -0.600. The molecule has 0 spiro atoms. The smallest absolute Gasteiger partial charge is 0.0331 e. The van der Waals surface area contributed by atoms with Crippen LogP contribution in [0.4, 0.5) is 0 Å². The van der Waals surface area contributed by atoms with Crippen molar-refractivity contribution in [1.82, 2.24) is 0 Å². The number of hydrogen-bond donors (Lipinski definition) is 1. The number of nitrogens with two attached hydrogens (primary N) is 1. The molecule has 1 nitrogen and oxygen atoms in total. The van der Waals surface area contributed by atoms with Crippen LogP contribution in [0.1, 0.15) is 37.6 Å². The maximum Gasteiger partial charge on any atom is 0.0331 e. The third kappa shape index (κ3) is 2.74. The zero-order valence-corrected chi connectivity index (χ0v) is 11.7. The van der Waals surface area contributed by atoms with Crippen molar-refractivity contribution in [3.63, 3.8) is 0 Å². The Labute approximate surface area is 103 Å². The normalized spacial score (nSPS) is 15.1. The molecule has 0 saturated heterocycles. The standard InChI is InChI=1S/C14H23NS/c1-6-10(3)14-12(5)11(4)13(16-14)7-9(2)8-15/h9H,5-8,15H2,1-4H3/b14-10+. The monoisotopic (exact) mass is 237 g/mol. The molecule has 0 aliphatic heterocycles. The van der Waals surface area contributed by atoms with E-state index in [0.29, 0.717) is 5.92 Å². The van der Waals surface area contributed by atoms with Crippen molar-refractivity contribution in [2.45, 2.75) is 40.5 Å². The lowest BCUT2D eigenvalue weighted by Crippen LogP contribution is -2.20. The lowest BCUT2D eigenvalue weighted by atomic mass is 10.0. The fraction of sp³-hybridized carbons (Fsp3) is 0.571. The molecule has 2 N–H and O–H groups in total. The molecule has 0 aliphatic rings. The molecule has 0 aromatic carbocycles. The summed E-state index contributed by atoms with van der Waals surface area (Å²) in [6.07, 6.45) is 2.20. The van der Waals surface area contributed by atoms with Gasteiger partial charge in [-0.15, -0.1) is 11.3 Å². The van der Waals surface area contributed by atoms with E-state index >= 15 is 0 Å². The largest absolute Gasteiger partial charge is 0.330 e. The average Bonchev–Trinajstić information content (AvgIpc) is 2.56. The first kappa shape index (κ1) is 13.5. The van der Waals surface area contributed by atoms with Gasteiger partial charge in [0.05, 0.1) is 0 Å². The van der Waals surface area contributed by atoms with Gasteiger partial charge in [0.1, 0.15) is 0 Å². The van der Waals surface area contributed by atoms with E-state index in [4.69, 9.17) is 5.73 Å². The summed E-state index contributed by atoms with van der Waals surface area (Å²) < 4.78 is 1.39. The van der Waals surface area contributed by atoms with E-state index in [2.05, 4.69) is 34.3 Å². The van der Waals surface area contributed by atoms with Crippen LogP contribution in [0.5, 0.6) is 0 Å². The molecule has 0 saturated carbocycles. The average molecular weight is 237 g/mol. The third-order valence-corrected chi connectivity index (χ3v) is 4.74. The molecule has 16 heavy (non-hydrogen) atoms. The molecule has 0 radical (unpaired) electrons. The zero-order chi connectivity index (χ0) is 12.3. The van der Waals surface area contributed by atoms with Crippen molar-refractivity contribution >= 4 is 23.5 Å². The number of rotatable bonds is 4. The summed E-state index contributed by atoms with van der Waals surface area (Å²) in [5.74, 6) is 0.562. The van der Waals surface area contributed by atoms with Crippen LogP contribution in [0.3, 0.4) is 0 Å². The maximum absolute atomic E-state index is 5.68. The van der Waals surface area contributed by atoms with Crippen molar-refractivity contribution in [3.05, 3.63) is 20.2 Å². The van der Waals surface area contributed by atoms with Crippen molar-refractivity contribution < 1.29 is 0 Å². The molecule has 2 heteroatoms. The maximum atomic E-state index is 5.68. The SMILES string of the molecule is C=c1c(C)c(CC(C)CN)s/c1=C(\C)CC. The molecular formula is C14H23NS. The van der Waals surface area contributed by atoms with E-state index in [1.165, 1.54) is 25.8 Å². The highest BCUT2D eigenvalue weighted by molar-refractivity contribution is 7.10. The highest BCUT2D eigenvalue weighted by Crippen LogP contribution is 2.14. The van der Waals surface area contributed by atoms with Gasteiger partial charge in [-0.05, 0) is 49.9 Å². The molecule has 0 bridgehead atoms. The van der Waals surface area contributed by atoms with Crippen LogP contribution >= 0.6 is 11.3 Å². The molecular weight excluding hydrogens is 214 g/mol. The Kier molecular flexibility index (Phi) is 4.75. The minimum atomic E-state index is 0.562. The van der Waals surface area contributed by atoms with Gasteiger partial charge >= 0.3 is 0 Å². The van der Waals surface area contributed by atoms with Crippen LogP contribution in [0.15, 0.2) is 0 Å². The molecule has 1 heterocycles. The van der Waals surface area contributed by atoms with Gasteiger partial charge in [0.2, 0.25) is 0 Å². The van der Waals surface area contributed by atoms with Gasteiger partial charge in [0.15, 0.2) is 0 Å². The Morgan fingerprint density at radius 2 is 2.12 bits per heavy atom. The second kappa shape index (κ2) is 5.65.